The van der Waals surface area contributed by atoms with Gasteiger partial charge in [0.2, 0.25) is 5.82 Å². The Morgan fingerprint density at radius 3 is 2.58 bits per heavy atom. The minimum atomic E-state index is 0.396. The summed E-state index contributed by atoms with van der Waals surface area (Å²) in [5.74, 6) is 0.989. The molecule has 94 valence electrons. The average Bonchev–Trinajstić information content (AvgIpc) is 2.89. The lowest BCUT2D eigenvalue weighted by Gasteiger charge is -1.95. The maximum absolute atomic E-state index is 5.83. The van der Waals surface area contributed by atoms with Crippen LogP contribution in [-0.4, -0.2) is 15.1 Å². The number of hydrogen-bond donors (Lipinski definition) is 0. The summed E-state index contributed by atoms with van der Waals surface area (Å²) >= 11 is 5.83. The van der Waals surface area contributed by atoms with E-state index in [9.17, 15) is 0 Å². The van der Waals surface area contributed by atoms with Crippen LogP contribution in [0.25, 0.3) is 22.8 Å². The summed E-state index contributed by atoms with van der Waals surface area (Å²) in [6.07, 6.45) is 1.60. The first-order valence-electron chi connectivity index (χ1n) is 5.75. The number of pyridine rings is 1. The fourth-order valence-electron chi connectivity index (χ4n) is 1.70. The van der Waals surface area contributed by atoms with Crippen LogP contribution < -0.4 is 0 Å². The first-order valence-corrected chi connectivity index (χ1v) is 6.13. The van der Waals surface area contributed by atoms with Crippen LogP contribution in [0.15, 0.2) is 47.1 Å². The van der Waals surface area contributed by atoms with Crippen LogP contribution in [0.4, 0.5) is 0 Å². The predicted octanol–water partition coefficient (Wildman–Crippen LogP) is 3.76. The first-order chi connectivity index (χ1) is 9.22. The highest BCUT2D eigenvalue weighted by Gasteiger charge is 2.10. The van der Waals surface area contributed by atoms with Crippen molar-refractivity contribution in [3.63, 3.8) is 0 Å². The highest BCUT2D eigenvalue weighted by molar-refractivity contribution is 6.29. The molecule has 0 aliphatic heterocycles. The molecule has 0 atom stereocenters. The summed E-state index contributed by atoms with van der Waals surface area (Å²) in [7, 11) is 0. The summed E-state index contributed by atoms with van der Waals surface area (Å²) in [5, 5.41) is 4.37. The maximum Gasteiger partial charge on any atom is 0.258 e. The molecule has 0 spiro atoms. The summed E-state index contributed by atoms with van der Waals surface area (Å²) in [5.41, 5.74) is 2.86. The zero-order valence-corrected chi connectivity index (χ0v) is 10.9. The molecule has 0 saturated heterocycles. The van der Waals surface area contributed by atoms with Gasteiger partial charge in [-0.2, -0.15) is 4.98 Å². The third-order valence-corrected chi connectivity index (χ3v) is 2.92. The van der Waals surface area contributed by atoms with E-state index in [0.29, 0.717) is 16.9 Å². The van der Waals surface area contributed by atoms with E-state index < -0.39 is 0 Å². The number of aromatic nitrogens is 3. The molecule has 5 heteroatoms. The molecule has 0 saturated carbocycles. The zero-order valence-electron chi connectivity index (χ0n) is 10.2. The van der Waals surface area contributed by atoms with Crippen LogP contribution in [0.2, 0.25) is 5.15 Å². The number of aryl methyl sites for hydroxylation is 1. The molecule has 2 heterocycles. The Bertz CT molecular complexity index is 707. The largest absolute Gasteiger partial charge is 0.334 e. The number of halogens is 1. The van der Waals surface area contributed by atoms with Gasteiger partial charge in [-0.3, -0.25) is 0 Å². The third-order valence-electron chi connectivity index (χ3n) is 2.71. The molecule has 0 radical (unpaired) electrons. The second-order valence-electron chi connectivity index (χ2n) is 4.16. The Balaban J connectivity index is 1.97. The third kappa shape index (κ3) is 2.48. The number of benzene rings is 1. The molecule has 0 aliphatic rings. The lowest BCUT2D eigenvalue weighted by atomic mass is 10.1. The summed E-state index contributed by atoms with van der Waals surface area (Å²) in [6.45, 7) is 2.03. The van der Waals surface area contributed by atoms with Crippen LogP contribution in [0.5, 0.6) is 0 Å². The van der Waals surface area contributed by atoms with Crippen LogP contribution in [0.1, 0.15) is 5.56 Å². The minimum absolute atomic E-state index is 0.396. The quantitative estimate of drug-likeness (QED) is 0.666. The highest BCUT2D eigenvalue weighted by Crippen LogP contribution is 2.23. The zero-order chi connectivity index (χ0) is 13.2. The van der Waals surface area contributed by atoms with E-state index in [1.165, 1.54) is 5.56 Å². The molecule has 2 aromatic heterocycles. The van der Waals surface area contributed by atoms with Gasteiger partial charge < -0.3 is 4.52 Å². The molecule has 3 aromatic rings. The monoisotopic (exact) mass is 271 g/mol. The normalized spacial score (nSPS) is 10.6. The smallest absolute Gasteiger partial charge is 0.258 e. The van der Waals surface area contributed by atoms with E-state index in [4.69, 9.17) is 16.1 Å². The van der Waals surface area contributed by atoms with Crippen molar-refractivity contribution in [1.29, 1.82) is 0 Å². The standard InChI is InChI=1S/C14H10ClN3O/c1-9-2-4-10(5-3-9)13-17-14(19-18-13)11-6-7-16-12(15)8-11/h2-8H,1H3. The molecule has 0 amide bonds. The SMILES string of the molecule is Cc1ccc(-c2noc(-c3ccnc(Cl)c3)n2)cc1. The molecule has 4 nitrogen and oxygen atoms in total. The molecule has 0 fully saturated rings. The number of hydrogen-bond acceptors (Lipinski definition) is 4. The van der Waals surface area contributed by atoms with Crippen LogP contribution in [0.3, 0.4) is 0 Å². The maximum atomic E-state index is 5.83. The van der Waals surface area contributed by atoms with E-state index in [1.54, 1.807) is 18.3 Å². The van der Waals surface area contributed by atoms with Gasteiger partial charge in [0.1, 0.15) is 5.15 Å². The summed E-state index contributed by atoms with van der Waals surface area (Å²) < 4.78 is 5.24. The van der Waals surface area contributed by atoms with Gasteiger partial charge in [-0.25, -0.2) is 4.98 Å². The van der Waals surface area contributed by atoms with Crippen molar-refractivity contribution in [2.75, 3.05) is 0 Å². The van der Waals surface area contributed by atoms with Crippen molar-refractivity contribution in [3.05, 3.63) is 53.3 Å². The van der Waals surface area contributed by atoms with E-state index in [2.05, 4.69) is 15.1 Å². The van der Waals surface area contributed by atoms with Gasteiger partial charge in [0.05, 0.1) is 0 Å². The Morgan fingerprint density at radius 2 is 1.84 bits per heavy atom. The molecule has 0 aliphatic carbocycles. The molecule has 0 unspecified atom stereocenters. The van der Waals surface area contributed by atoms with Crippen LogP contribution in [0, 0.1) is 6.92 Å². The predicted molar refractivity (Wildman–Crippen MR) is 72.7 cm³/mol. The van der Waals surface area contributed by atoms with E-state index >= 15 is 0 Å². The van der Waals surface area contributed by atoms with Gasteiger partial charge >= 0.3 is 0 Å². The van der Waals surface area contributed by atoms with Crippen LogP contribution >= 0.6 is 11.6 Å². The van der Waals surface area contributed by atoms with Gasteiger partial charge in [0.25, 0.3) is 5.89 Å². The number of nitrogens with zero attached hydrogens (tertiary/aromatic N) is 3. The van der Waals surface area contributed by atoms with E-state index in [0.717, 1.165) is 11.1 Å². The second-order valence-corrected chi connectivity index (χ2v) is 4.54. The van der Waals surface area contributed by atoms with Gasteiger partial charge in [0, 0.05) is 17.3 Å². The first kappa shape index (κ1) is 11.9. The van der Waals surface area contributed by atoms with Crippen molar-refractivity contribution >= 4 is 11.6 Å². The van der Waals surface area contributed by atoms with Gasteiger partial charge in [0.15, 0.2) is 0 Å². The average molecular weight is 272 g/mol. The molecular formula is C14H10ClN3O. The van der Waals surface area contributed by atoms with Crippen molar-refractivity contribution in [2.24, 2.45) is 0 Å². The summed E-state index contributed by atoms with van der Waals surface area (Å²) in [6, 6.07) is 11.4. The minimum Gasteiger partial charge on any atom is -0.334 e. The van der Waals surface area contributed by atoms with Gasteiger partial charge in [-0.1, -0.05) is 46.6 Å². The van der Waals surface area contributed by atoms with Crippen molar-refractivity contribution in [1.82, 2.24) is 15.1 Å². The molecule has 19 heavy (non-hydrogen) atoms. The molecule has 1 aromatic carbocycles. The molecule has 0 N–H and O–H groups in total. The van der Waals surface area contributed by atoms with Gasteiger partial charge in [-0.15, -0.1) is 0 Å². The Morgan fingerprint density at radius 1 is 1.05 bits per heavy atom. The Kier molecular flexibility index (Phi) is 3.01. The molecule has 3 rings (SSSR count). The second kappa shape index (κ2) is 4.82. The van der Waals surface area contributed by atoms with Gasteiger partial charge in [-0.05, 0) is 19.1 Å². The summed E-state index contributed by atoms with van der Waals surface area (Å²) in [4.78, 5) is 8.27. The number of rotatable bonds is 2. The lowest BCUT2D eigenvalue weighted by Crippen LogP contribution is -1.82. The Hall–Kier alpha value is -2.20. The highest BCUT2D eigenvalue weighted by atomic mass is 35.5. The van der Waals surface area contributed by atoms with Crippen molar-refractivity contribution < 1.29 is 4.52 Å². The van der Waals surface area contributed by atoms with Crippen LogP contribution in [-0.2, 0) is 0 Å². The van der Waals surface area contributed by atoms with E-state index in [-0.39, 0.29) is 0 Å². The molecule has 0 bridgehead atoms. The van der Waals surface area contributed by atoms with E-state index in [1.807, 2.05) is 31.2 Å². The molecular weight excluding hydrogens is 262 g/mol. The Labute approximate surface area is 115 Å². The lowest BCUT2D eigenvalue weighted by molar-refractivity contribution is 0.432. The van der Waals surface area contributed by atoms with Crippen molar-refractivity contribution in [2.45, 2.75) is 6.92 Å². The fourth-order valence-corrected chi connectivity index (χ4v) is 1.87. The van der Waals surface area contributed by atoms with Crippen molar-refractivity contribution in [3.8, 4) is 22.8 Å². The fraction of sp³-hybridized carbons (Fsp3) is 0.0714. The topological polar surface area (TPSA) is 51.8 Å².